The minimum atomic E-state index is -0.974. The molecule has 2 saturated carbocycles. The first kappa shape index (κ1) is 26.8. The summed E-state index contributed by atoms with van der Waals surface area (Å²) < 4.78 is 19.1. The van der Waals surface area contributed by atoms with Gasteiger partial charge < -0.3 is 24.0 Å². The van der Waals surface area contributed by atoms with E-state index in [0.717, 1.165) is 64.5 Å². The number of aromatic carboxylic acids is 1. The highest BCUT2D eigenvalue weighted by Crippen LogP contribution is 2.45. The van der Waals surface area contributed by atoms with Gasteiger partial charge in [-0.3, -0.25) is 0 Å². The third kappa shape index (κ3) is 5.32. The Morgan fingerprint density at radius 1 is 1.20 bits per heavy atom. The summed E-state index contributed by atoms with van der Waals surface area (Å²) in [5, 5.41) is 14.9. The molecule has 2 fully saturated rings. The molecular formula is C31H35N3O5S. The third-order valence-electron chi connectivity index (χ3n) is 7.89. The molecule has 2 atom stereocenters. The summed E-state index contributed by atoms with van der Waals surface area (Å²) >= 11 is 1.50. The smallest absolute Gasteiger partial charge is 0.335 e. The Labute approximate surface area is 237 Å². The lowest BCUT2D eigenvalue weighted by Gasteiger charge is -2.24. The zero-order valence-corrected chi connectivity index (χ0v) is 24.2. The maximum atomic E-state index is 11.7. The average molecular weight is 562 g/mol. The third-order valence-corrected chi connectivity index (χ3v) is 8.99. The van der Waals surface area contributed by atoms with Crippen LogP contribution in [-0.4, -0.2) is 46.5 Å². The second-order valence-corrected chi connectivity index (χ2v) is 12.3. The summed E-state index contributed by atoms with van der Waals surface area (Å²) in [4.78, 5) is 18.8. The van der Waals surface area contributed by atoms with Crippen LogP contribution in [0.15, 0.2) is 40.9 Å². The van der Waals surface area contributed by atoms with E-state index in [4.69, 9.17) is 19.0 Å². The molecule has 2 aliphatic carbocycles. The standard InChI is InChI=1S/C31H35N3O5S/c1-17(2)38-25-13-20(30(35)36)14-26-28(25)32-31(40-26)34(4)21-11-12-22(15-21)37-16-24-27(23-8-6-5-7-18(23)3)33-39-29(24)19-9-10-19/h5-8,13-14,17,19,21-22H,9-12,15-16H2,1-4H3,(H,35,36)/t21-,22+/m1/s1. The highest BCUT2D eigenvalue weighted by atomic mass is 32.1. The predicted octanol–water partition coefficient (Wildman–Crippen LogP) is 7.20. The van der Waals surface area contributed by atoms with Crippen molar-refractivity contribution >= 4 is 32.7 Å². The molecule has 6 rings (SSSR count). The van der Waals surface area contributed by atoms with Gasteiger partial charge in [-0.2, -0.15) is 0 Å². The fraction of sp³-hybridized carbons (Fsp3) is 0.452. The molecule has 0 saturated heterocycles. The minimum Gasteiger partial charge on any atom is -0.489 e. The first-order valence-corrected chi connectivity index (χ1v) is 14.8. The quantitative estimate of drug-likeness (QED) is 0.217. The molecule has 2 aromatic carbocycles. The summed E-state index contributed by atoms with van der Waals surface area (Å²) in [5.41, 5.74) is 5.19. The Kier molecular flexibility index (Phi) is 7.27. The van der Waals surface area contributed by atoms with E-state index >= 15 is 0 Å². The Morgan fingerprint density at radius 2 is 2.00 bits per heavy atom. The van der Waals surface area contributed by atoms with Crippen molar-refractivity contribution in [3.05, 3.63) is 58.8 Å². The number of aryl methyl sites for hydroxylation is 1. The predicted molar refractivity (Wildman–Crippen MR) is 156 cm³/mol. The Morgan fingerprint density at radius 3 is 2.73 bits per heavy atom. The molecule has 4 aromatic rings. The van der Waals surface area contributed by atoms with Crippen LogP contribution in [0.25, 0.3) is 21.5 Å². The van der Waals surface area contributed by atoms with E-state index in [9.17, 15) is 9.90 Å². The van der Waals surface area contributed by atoms with Gasteiger partial charge in [-0.15, -0.1) is 0 Å². The van der Waals surface area contributed by atoms with Crippen LogP contribution in [-0.2, 0) is 11.3 Å². The van der Waals surface area contributed by atoms with Crippen LogP contribution in [0.5, 0.6) is 5.75 Å². The summed E-state index contributed by atoms with van der Waals surface area (Å²) in [7, 11) is 2.06. The lowest BCUT2D eigenvalue weighted by Crippen LogP contribution is -2.29. The van der Waals surface area contributed by atoms with Crippen molar-refractivity contribution in [1.82, 2.24) is 10.1 Å². The number of carboxylic acids is 1. The molecule has 8 nitrogen and oxygen atoms in total. The summed E-state index contributed by atoms with van der Waals surface area (Å²) in [6.07, 6.45) is 5.20. The van der Waals surface area contributed by atoms with Gasteiger partial charge in [-0.1, -0.05) is 40.8 Å². The molecular weight excluding hydrogens is 526 g/mol. The van der Waals surface area contributed by atoms with Crippen LogP contribution in [0.2, 0.25) is 0 Å². The fourth-order valence-electron chi connectivity index (χ4n) is 5.56. The molecule has 40 heavy (non-hydrogen) atoms. The van der Waals surface area contributed by atoms with Crippen molar-refractivity contribution in [1.29, 1.82) is 0 Å². The maximum absolute atomic E-state index is 11.7. The maximum Gasteiger partial charge on any atom is 0.335 e. The number of hydrogen-bond acceptors (Lipinski definition) is 8. The van der Waals surface area contributed by atoms with E-state index < -0.39 is 5.97 Å². The molecule has 9 heteroatoms. The zero-order chi connectivity index (χ0) is 28.0. The van der Waals surface area contributed by atoms with Gasteiger partial charge in [0, 0.05) is 30.1 Å². The number of rotatable bonds is 10. The molecule has 0 spiro atoms. The Balaban J connectivity index is 1.17. The monoisotopic (exact) mass is 561 g/mol. The molecule has 0 bridgehead atoms. The number of anilines is 1. The molecule has 0 radical (unpaired) electrons. The van der Waals surface area contributed by atoms with E-state index in [1.807, 2.05) is 26.0 Å². The molecule has 2 heterocycles. The van der Waals surface area contributed by atoms with E-state index in [1.54, 1.807) is 12.1 Å². The van der Waals surface area contributed by atoms with E-state index in [0.29, 0.717) is 23.8 Å². The van der Waals surface area contributed by atoms with Gasteiger partial charge in [-0.25, -0.2) is 9.78 Å². The van der Waals surface area contributed by atoms with Crippen LogP contribution in [0.3, 0.4) is 0 Å². The molecule has 2 aromatic heterocycles. The van der Waals surface area contributed by atoms with Gasteiger partial charge in [0.2, 0.25) is 0 Å². The molecule has 2 aliphatic rings. The fourth-order valence-corrected chi connectivity index (χ4v) is 6.62. The first-order chi connectivity index (χ1) is 19.3. The molecule has 210 valence electrons. The summed E-state index contributed by atoms with van der Waals surface area (Å²) in [6, 6.07) is 11.8. The lowest BCUT2D eigenvalue weighted by molar-refractivity contribution is 0.0441. The second kappa shape index (κ2) is 10.9. The van der Waals surface area contributed by atoms with Crippen LogP contribution < -0.4 is 9.64 Å². The number of benzene rings is 2. The van der Waals surface area contributed by atoms with Gasteiger partial charge in [0.15, 0.2) is 5.13 Å². The number of ether oxygens (including phenoxy) is 2. The van der Waals surface area contributed by atoms with Crippen LogP contribution in [0.1, 0.15) is 79.1 Å². The van der Waals surface area contributed by atoms with E-state index in [-0.39, 0.29) is 23.8 Å². The summed E-state index contributed by atoms with van der Waals surface area (Å²) in [6.45, 7) is 6.45. The molecule has 0 aliphatic heterocycles. The van der Waals surface area contributed by atoms with Crippen LogP contribution in [0, 0.1) is 6.92 Å². The SMILES string of the molecule is Cc1ccccc1-c1noc(C2CC2)c1CO[C@H]1CC[C@@H](N(C)c2nc3c(OC(C)C)cc(C(=O)O)cc3s2)C1. The largest absolute Gasteiger partial charge is 0.489 e. The Bertz CT molecular complexity index is 1540. The van der Waals surface area contributed by atoms with Crippen molar-refractivity contribution in [2.75, 3.05) is 11.9 Å². The normalized spacial score (nSPS) is 19.0. The molecule has 0 amide bonds. The number of carboxylic acid groups (broad SMARTS) is 1. The Hall–Kier alpha value is -3.43. The zero-order valence-electron chi connectivity index (χ0n) is 23.3. The average Bonchev–Trinajstić information content (AvgIpc) is 3.32. The van der Waals surface area contributed by atoms with Gasteiger partial charge >= 0.3 is 5.97 Å². The number of thiazole rings is 1. The molecule has 0 unspecified atom stereocenters. The van der Waals surface area contributed by atoms with Crippen molar-refractivity contribution in [2.45, 2.75) is 83.6 Å². The summed E-state index contributed by atoms with van der Waals surface area (Å²) in [5.74, 6) is 0.979. The van der Waals surface area contributed by atoms with Crippen molar-refractivity contribution < 1.29 is 23.9 Å². The van der Waals surface area contributed by atoms with Gasteiger partial charge in [-0.05, 0) is 70.6 Å². The number of hydrogen-bond donors (Lipinski definition) is 1. The number of carbonyl (C=O) groups is 1. The van der Waals surface area contributed by atoms with Crippen LogP contribution >= 0.6 is 11.3 Å². The van der Waals surface area contributed by atoms with E-state index in [2.05, 4.69) is 36.2 Å². The van der Waals surface area contributed by atoms with Gasteiger partial charge in [0.25, 0.3) is 0 Å². The highest BCUT2D eigenvalue weighted by molar-refractivity contribution is 7.22. The highest BCUT2D eigenvalue weighted by Gasteiger charge is 2.35. The van der Waals surface area contributed by atoms with Crippen molar-refractivity contribution in [3.8, 4) is 17.0 Å². The number of aromatic nitrogens is 2. The van der Waals surface area contributed by atoms with Gasteiger partial charge in [0.1, 0.15) is 22.7 Å². The number of fused-ring (bicyclic) bond motifs is 1. The van der Waals surface area contributed by atoms with Crippen LogP contribution in [0.4, 0.5) is 5.13 Å². The first-order valence-electron chi connectivity index (χ1n) is 14.0. The minimum absolute atomic E-state index is 0.0833. The molecule has 1 N–H and O–H groups in total. The van der Waals surface area contributed by atoms with E-state index in [1.165, 1.54) is 16.9 Å². The lowest BCUT2D eigenvalue weighted by atomic mass is 10.0. The van der Waals surface area contributed by atoms with Crippen molar-refractivity contribution in [2.24, 2.45) is 0 Å². The topological polar surface area (TPSA) is 97.9 Å². The second-order valence-electron chi connectivity index (χ2n) is 11.3. The number of nitrogens with zero attached hydrogens (tertiary/aromatic N) is 3. The van der Waals surface area contributed by atoms with Gasteiger partial charge in [0.05, 0.1) is 29.1 Å². The van der Waals surface area contributed by atoms with Crippen molar-refractivity contribution in [3.63, 3.8) is 0 Å².